The van der Waals surface area contributed by atoms with E-state index < -0.39 is 6.04 Å². The highest BCUT2D eigenvalue weighted by Crippen LogP contribution is 2.20. The van der Waals surface area contributed by atoms with Crippen LogP contribution in [0.1, 0.15) is 25.7 Å². The lowest BCUT2D eigenvalue weighted by atomic mass is 9.92. The van der Waals surface area contributed by atoms with E-state index in [0.29, 0.717) is 30.5 Å². The number of hydrogen-bond donors (Lipinski definition) is 1. The summed E-state index contributed by atoms with van der Waals surface area (Å²) in [6.07, 6.45) is 2.51. The van der Waals surface area contributed by atoms with Crippen LogP contribution in [0.4, 0.5) is 0 Å². The van der Waals surface area contributed by atoms with Gasteiger partial charge >= 0.3 is 0 Å². The summed E-state index contributed by atoms with van der Waals surface area (Å²) in [5.41, 5.74) is 2.70. The van der Waals surface area contributed by atoms with Crippen molar-refractivity contribution in [3.05, 3.63) is 15.3 Å². The molecule has 0 aromatic heterocycles. The fourth-order valence-corrected chi connectivity index (χ4v) is 1.58. The molecule has 0 aromatic carbocycles. The van der Waals surface area contributed by atoms with Crippen molar-refractivity contribution in [2.24, 2.45) is 5.22 Å². The monoisotopic (exact) mass is 202 g/mol. The van der Waals surface area contributed by atoms with E-state index in [0.717, 1.165) is 0 Å². The van der Waals surface area contributed by atoms with Crippen LogP contribution in [-0.2, 0) is 0 Å². The van der Waals surface area contributed by atoms with Crippen molar-refractivity contribution in [2.75, 3.05) is 7.05 Å². The SMILES string of the molecule is C/[N+]([O-])=N/NC1CCC([N+](=O)[O-])CC1. The summed E-state index contributed by atoms with van der Waals surface area (Å²) < 4.78 is 0. The summed E-state index contributed by atoms with van der Waals surface area (Å²) in [7, 11) is 1.29. The lowest BCUT2D eigenvalue weighted by molar-refractivity contribution is -0.527. The van der Waals surface area contributed by atoms with Crippen molar-refractivity contribution in [3.8, 4) is 0 Å². The highest BCUT2D eigenvalue weighted by molar-refractivity contribution is 4.75. The van der Waals surface area contributed by atoms with E-state index in [1.165, 1.54) is 7.05 Å². The molecule has 0 spiro atoms. The third kappa shape index (κ3) is 3.15. The smallest absolute Gasteiger partial charge is 0.213 e. The zero-order valence-electron chi connectivity index (χ0n) is 8.05. The molecule has 7 heteroatoms. The molecule has 0 unspecified atom stereocenters. The number of hydrogen-bond acceptors (Lipinski definition) is 4. The van der Waals surface area contributed by atoms with Gasteiger partial charge in [-0.15, -0.1) is 0 Å². The number of nitro groups is 1. The lowest BCUT2D eigenvalue weighted by Crippen LogP contribution is -2.35. The third-order valence-electron chi connectivity index (χ3n) is 2.38. The van der Waals surface area contributed by atoms with Crippen LogP contribution in [0.25, 0.3) is 0 Å². The summed E-state index contributed by atoms with van der Waals surface area (Å²) in [5, 5.41) is 24.3. The van der Waals surface area contributed by atoms with E-state index in [2.05, 4.69) is 10.6 Å². The van der Waals surface area contributed by atoms with E-state index in [-0.39, 0.29) is 11.0 Å². The Balaban J connectivity index is 2.29. The van der Waals surface area contributed by atoms with Gasteiger partial charge in [0, 0.05) is 17.8 Å². The van der Waals surface area contributed by atoms with Crippen molar-refractivity contribution >= 4 is 0 Å². The molecule has 1 fully saturated rings. The Kier molecular flexibility index (Phi) is 3.61. The molecule has 1 N–H and O–H groups in total. The summed E-state index contributed by atoms with van der Waals surface area (Å²) in [4.78, 5) is 10.6. The van der Waals surface area contributed by atoms with Gasteiger partial charge in [0.05, 0.1) is 5.22 Å². The standard InChI is InChI=1S/C7H14N4O3/c1-10(12)9-8-6-2-4-7(5-3-6)11(13)14/h6-8H,2-5H2,1H3/b10-9-. The minimum absolute atomic E-state index is 0.0996. The highest BCUT2D eigenvalue weighted by atomic mass is 16.6. The highest BCUT2D eigenvalue weighted by Gasteiger charge is 2.30. The first-order valence-electron chi connectivity index (χ1n) is 4.60. The van der Waals surface area contributed by atoms with Crippen molar-refractivity contribution < 1.29 is 9.78 Å². The quantitative estimate of drug-likeness (QED) is 0.315. The van der Waals surface area contributed by atoms with Crippen LogP contribution in [0.3, 0.4) is 0 Å². The van der Waals surface area contributed by atoms with E-state index in [4.69, 9.17) is 0 Å². The molecule has 1 saturated carbocycles. The molecular weight excluding hydrogens is 188 g/mol. The molecule has 0 heterocycles. The molecule has 14 heavy (non-hydrogen) atoms. The molecule has 0 atom stereocenters. The maximum atomic E-state index is 10.4. The van der Waals surface area contributed by atoms with E-state index in [1.54, 1.807) is 0 Å². The van der Waals surface area contributed by atoms with Gasteiger partial charge in [0.15, 0.2) is 0 Å². The normalized spacial score (nSPS) is 28.5. The Morgan fingerprint density at radius 2 is 1.86 bits per heavy atom. The van der Waals surface area contributed by atoms with Crippen LogP contribution in [0.5, 0.6) is 0 Å². The van der Waals surface area contributed by atoms with Gasteiger partial charge in [0.2, 0.25) is 6.04 Å². The molecule has 0 aliphatic heterocycles. The van der Waals surface area contributed by atoms with Crippen LogP contribution in [0.2, 0.25) is 0 Å². The van der Waals surface area contributed by atoms with Crippen LogP contribution in [0, 0.1) is 15.3 Å². The molecule has 80 valence electrons. The molecule has 1 aliphatic carbocycles. The second-order valence-corrected chi connectivity index (χ2v) is 3.48. The number of hydroxylamine groups is 1. The first-order chi connectivity index (χ1) is 6.59. The van der Waals surface area contributed by atoms with Gasteiger partial charge in [0.25, 0.3) is 0 Å². The molecule has 0 amide bonds. The van der Waals surface area contributed by atoms with Gasteiger partial charge in [-0.05, 0) is 12.8 Å². The van der Waals surface area contributed by atoms with E-state index >= 15 is 0 Å². The maximum absolute atomic E-state index is 10.4. The average Bonchev–Trinajstić information content (AvgIpc) is 2.15. The van der Waals surface area contributed by atoms with Crippen LogP contribution < -0.4 is 5.43 Å². The maximum Gasteiger partial charge on any atom is 0.213 e. The van der Waals surface area contributed by atoms with Crippen LogP contribution in [-0.4, -0.2) is 28.9 Å². The Bertz CT molecular complexity index is 231. The van der Waals surface area contributed by atoms with Crippen LogP contribution in [0.15, 0.2) is 5.22 Å². The first kappa shape index (κ1) is 10.7. The minimum Gasteiger partial charge on any atom is -0.696 e. The van der Waals surface area contributed by atoms with Crippen molar-refractivity contribution in [1.82, 2.24) is 5.43 Å². The lowest BCUT2D eigenvalue weighted by Gasteiger charge is -2.19. The first-order valence-corrected chi connectivity index (χ1v) is 4.60. The molecule has 1 rings (SSSR count). The van der Waals surface area contributed by atoms with Gasteiger partial charge in [0.1, 0.15) is 13.1 Å². The molecular formula is C7H14N4O3. The largest absolute Gasteiger partial charge is 0.696 e. The molecule has 0 saturated heterocycles. The van der Waals surface area contributed by atoms with Gasteiger partial charge in [-0.2, -0.15) is 10.3 Å². The average molecular weight is 202 g/mol. The molecule has 0 aromatic rings. The molecule has 7 nitrogen and oxygen atoms in total. The Morgan fingerprint density at radius 1 is 1.29 bits per heavy atom. The predicted octanol–water partition coefficient (Wildman–Crippen LogP) is 0.671. The van der Waals surface area contributed by atoms with Crippen molar-refractivity contribution in [2.45, 2.75) is 37.8 Å². The number of rotatable bonds is 3. The topological polar surface area (TPSA) is 93.6 Å². The van der Waals surface area contributed by atoms with Gasteiger partial charge in [-0.25, -0.2) is 0 Å². The molecule has 1 aliphatic rings. The van der Waals surface area contributed by atoms with E-state index in [1.807, 2.05) is 0 Å². The van der Waals surface area contributed by atoms with Crippen molar-refractivity contribution in [3.63, 3.8) is 0 Å². The summed E-state index contributed by atoms with van der Waals surface area (Å²) in [6.45, 7) is 0. The Hall–Kier alpha value is -1.40. The van der Waals surface area contributed by atoms with Gasteiger partial charge in [-0.3, -0.25) is 10.1 Å². The van der Waals surface area contributed by atoms with Crippen molar-refractivity contribution in [1.29, 1.82) is 0 Å². The fraction of sp³-hybridized carbons (Fsp3) is 1.00. The van der Waals surface area contributed by atoms with Gasteiger partial charge < -0.3 is 5.21 Å². The van der Waals surface area contributed by atoms with Gasteiger partial charge in [-0.1, -0.05) is 0 Å². The Labute approximate surface area is 81.5 Å². The second-order valence-electron chi connectivity index (χ2n) is 3.48. The Morgan fingerprint density at radius 3 is 2.29 bits per heavy atom. The number of nitrogens with one attached hydrogen (secondary N) is 1. The molecule has 0 bridgehead atoms. The summed E-state index contributed by atoms with van der Waals surface area (Å²) in [6, 6.07) is -0.319. The summed E-state index contributed by atoms with van der Waals surface area (Å²) >= 11 is 0. The van der Waals surface area contributed by atoms with Crippen LogP contribution >= 0.6 is 0 Å². The molecule has 0 radical (unpaired) electrons. The third-order valence-corrected chi connectivity index (χ3v) is 2.38. The van der Waals surface area contributed by atoms with E-state index in [9.17, 15) is 15.3 Å². The minimum atomic E-state index is -0.418. The zero-order valence-corrected chi connectivity index (χ0v) is 8.05. The fourth-order valence-electron chi connectivity index (χ4n) is 1.58. The predicted molar refractivity (Wildman–Crippen MR) is 48.2 cm³/mol. The number of nitrogens with zero attached hydrogens (tertiary/aromatic N) is 3. The summed E-state index contributed by atoms with van der Waals surface area (Å²) in [5.74, 6) is 0. The zero-order chi connectivity index (χ0) is 10.6. The second kappa shape index (κ2) is 4.73.